The summed E-state index contributed by atoms with van der Waals surface area (Å²) in [5, 5.41) is 14.8. The van der Waals surface area contributed by atoms with Gasteiger partial charge in [-0.2, -0.15) is 5.21 Å². The number of tetrazole rings is 1. The molecule has 170 valence electrons. The largest absolute Gasteiger partial charge is 0.397 e. The number of nitrogens with one attached hydrogen (secondary N) is 1. The van der Waals surface area contributed by atoms with Crippen LogP contribution in [0.1, 0.15) is 31.2 Å². The monoisotopic (exact) mass is 452 g/mol. The van der Waals surface area contributed by atoms with Gasteiger partial charge in [0.1, 0.15) is 5.82 Å². The highest BCUT2D eigenvalue weighted by atomic mass is 16.1. The third-order valence-electron chi connectivity index (χ3n) is 5.78. The van der Waals surface area contributed by atoms with Crippen molar-refractivity contribution in [2.45, 2.75) is 32.7 Å². The molecule has 3 heterocycles. The zero-order valence-electron chi connectivity index (χ0n) is 18.8. The van der Waals surface area contributed by atoms with Crippen LogP contribution >= 0.6 is 0 Å². The molecule has 0 aliphatic heterocycles. The molecule has 9 nitrogen and oxygen atoms in total. The minimum Gasteiger partial charge on any atom is -0.397 e. The summed E-state index contributed by atoms with van der Waals surface area (Å²) in [6, 6.07) is 17.7. The van der Waals surface area contributed by atoms with Crippen molar-refractivity contribution in [3.05, 3.63) is 82.5 Å². The fourth-order valence-corrected chi connectivity index (χ4v) is 4.03. The van der Waals surface area contributed by atoms with Crippen LogP contribution in [0.4, 0.5) is 5.69 Å². The van der Waals surface area contributed by atoms with Gasteiger partial charge in [0.15, 0.2) is 5.65 Å². The molecular formula is C25H24N8O. The van der Waals surface area contributed by atoms with Gasteiger partial charge in [-0.3, -0.25) is 9.36 Å². The van der Waals surface area contributed by atoms with Crippen molar-refractivity contribution in [2.75, 3.05) is 5.73 Å². The Hall–Kier alpha value is -4.40. The van der Waals surface area contributed by atoms with E-state index in [9.17, 15) is 4.79 Å². The van der Waals surface area contributed by atoms with Crippen LogP contribution in [0.2, 0.25) is 0 Å². The van der Waals surface area contributed by atoms with Gasteiger partial charge in [-0.05, 0) is 34.4 Å². The number of nitrogens with two attached hydrogens (primary N) is 1. The van der Waals surface area contributed by atoms with Crippen molar-refractivity contribution in [3.63, 3.8) is 0 Å². The van der Waals surface area contributed by atoms with Crippen molar-refractivity contribution in [1.29, 1.82) is 0 Å². The van der Waals surface area contributed by atoms with E-state index in [2.05, 4.69) is 37.5 Å². The molecule has 0 aliphatic carbocycles. The average molecular weight is 453 g/mol. The molecule has 5 aromatic rings. The number of hydrogen-bond acceptors (Lipinski definition) is 7. The SMILES string of the molecule is CCCCc1nc2ncc(N)cc2c(=O)n1Cc1ccc(-c2ccccc2-c2nn[nH]n2)cc1. The zero-order chi connectivity index (χ0) is 23.5. The van der Waals surface area contributed by atoms with E-state index in [1.54, 1.807) is 10.6 Å². The quantitative estimate of drug-likeness (QED) is 0.386. The molecule has 0 atom stereocenters. The lowest BCUT2D eigenvalue weighted by Gasteiger charge is -2.14. The molecule has 0 bridgehead atoms. The van der Waals surface area contributed by atoms with Crippen molar-refractivity contribution in [3.8, 4) is 22.5 Å². The van der Waals surface area contributed by atoms with Gasteiger partial charge in [0.2, 0.25) is 5.82 Å². The lowest BCUT2D eigenvalue weighted by molar-refractivity contribution is 0.645. The highest BCUT2D eigenvalue weighted by Crippen LogP contribution is 2.29. The first-order chi connectivity index (χ1) is 16.6. The number of rotatable bonds is 7. The molecule has 0 aliphatic rings. The van der Waals surface area contributed by atoms with Gasteiger partial charge < -0.3 is 5.73 Å². The number of H-pyrrole nitrogens is 1. The van der Waals surface area contributed by atoms with Crippen LogP contribution in [0.25, 0.3) is 33.5 Å². The van der Waals surface area contributed by atoms with E-state index in [4.69, 9.17) is 5.73 Å². The maximum atomic E-state index is 13.3. The van der Waals surface area contributed by atoms with Crippen molar-refractivity contribution >= 4 is 16.7 Å². The maximum absolute atomic E-state index is 13.3. The van der Waals surface area contributed by atoms with Crippen LogP contribution in [-0.4, -0.2) is 35.2 Å². The second-order valence-corrected chi connectivity index (χ2v) is 8.14. The summed E-state index contributed by atoms with van der Waals surface area (Å²) >= 11 is 0. The molecule has 2 aromatic carbocycles. The second kappa shape index (κ2) is 9.22. The fourth-order valence-electron chi connectivity index (χ4n) is 4.03. The number of aryl methyl sites for hydroxylation is 1. The number of aromatic nitrogens is 7. The molecule has 0 unspecified atom stereocenters. The Kier molecular flexibility index (Phi) is 5.82. The molecule has 3 N–H and O–H groups in total. The van der Waals surface area contributed by atoms with Gasteiger partial charge in [-0.25, -0.2) is 9.97 Å². The van der Waals surface area contributed by atoms with Gasteiger partial charge in [0, 0.05) is 12.0 Å². The zero-order valence-corrected chi connectivity index (χ0v) is 18.8. The van der Waals surface area contributed by atoms with Crippen LogP contribution in [-0.2, 0) is 13.0 Å². The molecular weight excluding hydrogens is 428 g/mol. The molecule has 0 saturated carbocycles. The standard InChI is InChI=1S/C25H24N8O/c1-2-3-8-22-28-23-21(13-18(26)14-27-23)25(34)33(22)15-16-9-11-17(12-10-16)19-6-4-5-7-20(19)24-29-31-32-30-24/h4-7,9-14H,2-3,8,15,26H2,1H3,(H,29,30,31,32). The number of hydrogen-bond donors (Lipinski definition) is 2. The van der Waals surface area contributed by atoms with Gasteiger partial charge in [-0.1, -0.05) is 61.9 Å². The number of aromatic amines is 1. The van der Waals surface area contributed by atoms with E-state index in [1.807, 2.05) is 48.5 Å². The molecule has 3 aromatic heterocycles. The number of unbranched alkanes of at least 4 members (excludes halogenated alkanes) is 1. The predicted molar refractivity (Wildman–Crippen MR) is 131 cm³/mol. The molecule has 0 radical (unpaired) electrons. The van der Waals surface area contributed by atoms with Crippen LogP contribution in [0.15, 0.2) is 65.6 Å². The first-order valence-corrected chi connectivity index (χ1v) is 11.2. The van der Waals surface area contributed by atoms with Crippen LogP contribution in [0.5, 0.6) is 0 Å². The van der Waals surface area contributed by atoms with Crippen LogP contribution in [0, 0.1) is 0 Å². The Balaban J connectivity index is 1.51. The van der Waals surface area contributed by atoms with E-state index in [0.29, 0.717) is 35.5 Å². The van der Waals surface area contributed by atoms with Gasteiger partial charge in [0.25, 0.3) is 5.56 Å². The predicted octanol–water partition coefficient (Wildman–Crippen LogP) is 3.61. The summed E-state index contributed by atoms with van der Waals surface area (Å²) in [5.41, 5.74) is 10.6. The van der Waals surface area contributed by atoms with Crippen molar-refractivity contribution in [1.82, 2.24) is 35.2 Å². The second-order valence-electron chi connectivity index (χ2n) is 8.14. The Morgan fingerprint density at radius 1 is 1.06 bits per heavy atom. The number of nitrogens with zero attached hydrogens (tertiary/aromatic N) is 6. The number of anilines is 1. The van der Waals surface area contributed by atoms with Crippen LogP contribution in [0.3, 0.4) is 0 Å². The first kappa shape index (κ1) is 21.4. The summed E-state index contributed by atoms with van der Waals surface area (Å²) in [4.78, 5) is 22.3. The van der Waals surface area contributed by atoms with Crippen LogP contribution < -0.4 is 11.3 Å². The number of benzene rings is 2. The highest BCUT2D eigenvalue weighted by Gasteiger charge is 2.14. The minimum absolute atomic E-state index is 0.123. The Morgan fingerprint density at radius 3 is 2.59 bits per heavy atom. The molecule has 9 heteroatoms. The van der Waals surface area contributed by atoms with E-state index >= 15 is 0 Å². The summed E-state index contributed by atoms with van der Waals surface area (Å²) in [6.07, 6.45) is 4.20. The third-order valence-corrected chi connectivity index (χ3v) is 5.78. The van der Waals surface area contributed by atoms with Crippen molar-refractivity contribution in [2.24, 2.45) is 0 Å². The molecule has 0 spiro atoms. The average Bonchev–Trinajstić information content (AvgIpc) is 3.40. The number of pyridine rings is 1. The minimum atomic E-state index is -0.123. The van der Waals surface area contributed by atoms with Gasteiger partial charge in [0.05, 0.1) is 23.8 Å². The van der Waals surface area contributed by atoms with E-state index in [0.717, 1.165) is 40.9 Å². The molecule has 0 fully saturated rings. The third kappa shape index (κ3) is 4.15. The Morgan fingerprint density at radius 2 is 1.85 bits per heavy atom. The topological polar surface area (TPSA) is 128 Å². The molecule has 0 saturated heterocycles. The van der Waals surface area contributed by atoms with E-state index in [-0.39, 0.29) is 5.56 Å². The lowest BCUT2D eigenvalue weighted by Crippen LogP contribution is -2.26. The Labute approximate surface area is 195 Å². The van der Waals surface area contributed by atoms with Gasteiger partial charge in [-0.15, -0.1) is 10.2 Å². The summed E-state index contributed by atoms with van der Waals surface area (Å²) in [5.74, 6) is 1.28. The van der Waals surface area contributed by atoms with Crippen molar-refractivity contribution < 1.29 is 0 Å². The number of fused-ring (bicyclic) bond motifs is 1. The molecule has 5 rings (SSSR count). The summed E-state index contributed by atoms with van der Waals surface area (Å²) < 4.78 is 1.74. The fraction of sp³-hybridized carbons (Fsp3) is 0.200. The van der Waals surface area contributed by atoms with Gasteiger partial charge >= 0.3 is 0 Å². The Bertz CT molecular complexity index is 1490. The molecule has 0 amide bonds. The first-order valence-electron chi connectivity index (χ1n) is 11.2. The van der Waals surface area contributed by atoms with E-state index in [1.165, 1.54) is 6.20 Å². The maximum Gasteiger partial charge on any atom is 0.263 e. The summed E-state index contributed by atoms with van der Waals surface area (Å²) in [7, 11) is 0. The number of nitrogen functional groups attached to an aromatic ring is 1. The normalized spacial score (nSPS) is 11.2. The molecule has 34 heavy (non-hydrogen) atoms. The smallest absolute Gasteiger partial charge is 0.263 e. The summed E-state index contributed by atoms with van der Waals surface area (Å²) in [6.45, 7) is 2.54. The van der Waals surface area contributed by atoms with E-state index < -0.39 is 0 Å². The lowest BCUT2D eigenvalue weighted by atomic mass is 9.98. The highest BCUT2D eigenvalue weighted by molar-refractivity contribution is 5.80.